The van der Waals surface area contributed by atoms with Gasteiger partial charge in [0.1, 0.15) is 17.8 Å². The fourth-order valence-corrected chi connectivity index (χ4v) is 7.76. The number of nitrogens with two attached hydrogens (primary N) is 2. The number of methoxy groups -OCH3 is 1. The van der Waals surface area contributed by atoms with Gasteiger partial charge in [-0.25, -0.2) is 0 Å². The highest BCUT2D eigenvalue weighted by molar-refractivity contribution is 7.99. The number of ether oxygens (including phenoxy) is 1. The molecule has 5 rings (SSSR count). The molecule has 4 aromatic rings. The maximum Gasteiger partial charge on any atom is 0.245 e. The number of benzene rings is 3. The van der Waals surface area contributed by atoms with E-state index in [0.29, 0.717) is 62.5 Å². The van der Waals surface area contributed by atoms with Crippen LogP contribution < -0.4 is 32.2 Å². The third-order valence-electron chi connectivity index (χ3n) is 9.29. The summed E-state index contributed by atoms with van der Waals surface area (Å²) in [4.78, 5) is 49.1. The molecule has 0 fully saturated rings. The molecule has 1 aliphatic rings. The maximum absolute atomic E-state index is 14.4. The number of para-hydroxylation sites is 1. The highest BCUT2D eigenvalue weighted by Gasteiger charge is 2.34. The van der Waals surface area contributed by atoms with Crippen LogP contribution >= 0.6 is 23.4 Å². The molecule has 0 radical (unpaired) electrons. The lowest BCUT2D eigenvalue weighted by atomic mass is 10.0. The predicted octanol–water partition coefficient (Wildman–Crippen LogP) is 4.49. The number of nitrogens with zero attached hydrogens (tertiary/aromatic N) is 1. The summed E-state index contributed by atoms with van der Waals surface area (Å²) in [7, 11) is 3.20. The maximum atomic E-state index is 14.4. The fraction of sp³-hybridized carbons (Fsp3) is 0.395. The van der Waals surface area contributed by atoms with Gasteiger partial charge in [-0.3, -0.25) is 14.4 Å². The van der Waals surface area contributed by atoms with Gasteiger partial charge in [-0.2, -0.15) is 0 Å². The van der Waals surface area contributed by atoms with E-state index in [9.17, 15) is 14.4 Å². The lowest BCUT2D eigenvalue weighted by molar-refractivity contribution is -0.142. The van der Waals surface area contributed by atoms with E-state index in [1.54, 1.807) is 20.2 Å². The number of carbonyl (C=O) groups is 3. The topological polar surface area (TPSA) is 168 Å². The summed E-state index contributed by atoms with van der Waals surface area (Å²) in [5, 5.41) is 11.0. The Hall–Kier alpha value is -4.07. The fourth-order valence-electron chi connectivity index (χ4n) is 6.36. The summed E-state index contributed by atoms with van der Waals surface area (Å²) in [5.41, 5.74) is 15.2. The van der Waals surface area contributed by atoms with E-state index in [0.717, 1.165) is 37.4 Å². The van der Waals surface area contributed by atoms with E-state index >= 15 is 0 Å². The molecule has 51 heavy (non-hydrogen) atoms. The zero-order valence-electron chi connectivity index (χ0n) is 29.2. The van der Waals surface area contributed by atoms with Crippen molar-refractivity contribution in [2.24, 2.45) is 11.5 Å². The van der Waals surface area contributed by atoms with Crippen LogP contribution in [0, 0.1) is 0 Å². The zero-order chi connectivity index (χ0) is 36.3. The van der Waals surface area contributed by atoms with Gasteiger partial charge in [0.25, 0.3) is 0 Å². The summed E-state index contributed by atoms with van der Waals surface area (Å²) < 4.78 is 5.55. The first-order chi connectivity index (χ1) is 24.7. The molecule has 0 saturated heterocycles. The molecule has 3 aromatic carbocycles. The van der Waals surface area contributed by atoms with Crippen LogP contribution in [0.2, 0.25) is 5.02 Å². The molecule has 0 spiro atoms. The van der Waals surface area contributed by atoms with Gasteiger partial charge in [-0.05, 0) is 86.1 Å². The molecular formula is C38H48ClN7O4S. The third-order valence-corrected chi connectivity index (χ3v) is 11.0. The van der Waals surface area contributed by atoms with Crippen molar-refractivity contribution in [1.82, 2.24) is 25.8 Å². The van der Waals surface area contributed by atoms with Crippen molar-refractivity contribution in [3.63, 3.8) is 0 Å². The minimum atomic E-state index is -0.898. The van der Waals surface area contributed by atoms with Crippen LogP contribution in [0.15, 0.2) is 76.7 Å². The number of fused-ring (bicyclic) bond motifs is 3. The first kappa shape index (κ1) is 38.2. The number of amides is 3. The summed E-state index contributed by atoms with van der Waals surface area (Å²) in [6.45, 7) is 1.42. The van der Waals surface area contributed by atoms with Gasteiger partial charge in [0.05, 0.1) is 18.2 Å². The minimum absolute atomic E-state index is 0.142. The number of unbranched alkanes of at least 4 members (excludes halogenated alkanes) is 1. The van der Waals surface area contributed by atoms with Gasteiger partial charge < -0.3 is 42.0 Å². The van der Waals surface area contributed by atoms with Crippen LogP contribution in [-0.2, 0) is 33.9 Å². The molecule has 2 heterocycles. The van der Waals surface area contributed by atoms with Gasteiger partial charge >= 0.3 is 0 Å². The molecule has 8 N–H and O–H groups in total. The number of hydrogen-bond donors (Lipinski definition) is 6. The van der Waals surface area contributed by atoms with Crippen LogP contribution in [0.1, 0.15) is 48.8 Å². The van der Waals surface area contributed by atoms with Crippen molar-refractivity contribution in [3.05, 3.63) is 88.6 Å². The van der Waals surface area contributed by atoms with E-state index < -0.39 is 18.1 Å². The SMILES string of the molecule is COc1cc(Cl)c2c(c1)CNC(=O)C(Cc1c[nH]c3ccccc13)N(C)C(=O)C(CCCCN)NC(=O)C(CCCN)NCc1ccccc1S2. The number of carbonyl (C=O) groups excluding carboxylic acids is 3. The van der Waals surface area contributed by atoms with Crippen LogP contribution in [0.4, 0.5) is 0 Å². The van der Waals surface area contributed by atoms with Crippen molar-refractivity contribution in [2.75, 3.05) is 27.2 Å². The van der Waals surface area contributed by atoms with Crippen LogP contribution in [0.25, 0.3) is 10.9 Å². The van der Waals surface area contributed by atoms with Crippen LogP contribution in [0.3, 0.4) is 0 Å². The van der Waals surface area contributed by atoms with Gasteiger partial charge in [-0.15, -0.1) is 0 Å². The molecule has 3 atom stereocenters. The Bertz CT molecular complexity index is 1820. The molecule has 3 unspecified atom stereocenters. The predicted molar refractivity (Wildman–Crippen MR) is 203 cm³/mol. The summed E-state index contributed by atoms with van der Waals surface area (Å²) in [6.07, 6.45) is 4.92. The highest BCUT2D eigenvalue weighted by atomic mass is 35.5. The van der Waals surface area contributed by atoms with Crippen molar-refractivity contribution < 1.29 is 19.1 Å². The highest BCUT2D eigenvalue weighted by Crippen LogP contribution is 2.40. The van der Waals surface area contributed by atoms with Crippen molar-refractivity contribution in [3.8, 4) is 5.75 Å². The van der Waals surface area contributed by atoms with Crippen LogP contribution in [0.5, 0.6) is 5.75 Å². The molecular weight excluding hydrogens is 686 g/mol. The molecule has 13 heteroatoms. The van der Waals surface area contributed by atoms with E-state index in [2.05, 4.69) is 20.9 Å². The summed E-state index contributed by atoms with van der Waals surface area (Å²) in [5.74, 6) is -0.432. The number of aromatic amines is 1. The third kappa shape index (κ3) is 9.63. The zero-order valence-corrected chi connectivity index (χ0v) is 30.7. The van der Waals surface area contributed by atoms with E-state index in [1.807, 2.05) is 60.8 Å². The monoisotopic (exact) mass is 733 g/mol. The number of halogens is 1. The first-order valence-electron chi connectivity index (χ1n) is 17.4. The van der Waals surface area contributed by atoms with Crippen molar-refractivity contribution in [2.45, 2.75) is 79.5 Å². The Morgan fingerprint density at radius 1 is 0.902 bits per heavy atom. The number of hydrogen-bond acceptors (Lipinski definition) is 8. The smallest absolute Gasteiger partial charge is 0.245 e. The largest absolute Gasteiger partial charge is 0.497 e. The number of rotatable bonds is 10. The van der Waals surface area contributed by atoms with E-state index in [-0.39, 0.29) is 30.7 Å². The van der Waals surface area contributed by atoms with E-state index in [1.165, 1.54) is 16.7 Å². The Labute approximate surface area is 308 Å². The lowest BCUT2D eigenvalue weighted by Gasteiger charge is -2.32. The van der Waals surface area contributed by atoms with Crippen LogP contribution in [-0.4, -0.2) is 73.0 Å². The van der Waals surface area contributed by atoms with Crippen molar-refractivity contribution >= 4 is 52.0 Å². The number of nitrogens with one attached hydrogen (secondary N) is 4. The van der Waals surface area contributed by atoms with Gasteiger partial charge in [0, 0.05) is 53.4 Å². The average molecular weight is 734 g/mol. The Balaban J connectivity index is 1.58. The van der Waals surface area contributed by atoms with Gasteiger partial charge in [-0.1, -0.05) is 59.8 Å². The normalized spacial score (nSPS) is 19.2. The molecule has 1 aliphatic heterocycles. The number of H-pyrrole nitrogens is 1. The minimum Gasteiger partial charge on any atom is -0.497 e. The molecule has 3 amide bonds. The second-order valence-electron chi connectivity index (χ2n) is 12.8. The Kier molecular flexibility index (Phi) is 13.8. The lowest BCUT2D eigenvalue weighted by Crippen LogP contribution is -2.57. The second kappa shape index (κ2) is 18.4. The molecule has 272 valence electrons. The molecule has 1 aromatic heterocycles. The van der Waals surface area contributed by atoms with Gasteiger partial charge in [0.15, 0.2) is 0 Å². The average Bonchev–Trinajstić information content (AvgIpc) is 3.55. The summed E-state index contributed by atoms with van der Waals surface area (Å²) >= 11 is 8.37. The Morgan fingerprint density at radius 3 is 2.43 bits per heavy atom. The quantitative estimate of drug-likeness (QED) is 0.130. The molecule has 0 aliphatic carbocycles. The molecule has 11 nitrogen and oxygen atoms in total. The van der Waals surface area contributed by atoms with Crippen molar-refractivity contribution in [1.29, 1.82) is 0 Å². The van der Waals surface area contributed by atoms with E-state index in [4.69, 9.17) is 27.8 Å². The second-order valence-corrected chi connectivity index (χ2v) is 14.2. The number of aromatic nitrogens is 1. The standard InChI is InChI=1S/C38H48ClN7O4S/c1-46-33(19-25-22-42-30-12-5-4-11-28(25)30)37(48)44-23-26-18-27(50-2)20-29(39)35(26)51-34-15-6-3-10-24(34)21-43-31(14-9-17-41)36(47)45-32(38(46)49)13-7-8-16-40/h3-6,10-12,15,18,20,22,31-33,42-43H,7-9,13-14,16-17,19,21,23,40-41H2,1-2H3,(H,44,48)(H,45,47). The molecule has 0 bridgehead atoms. The van der Waals surface area contributed by atoms with Gasteiger partial charge in [0.2, 0.25) is 17.7 Å². The number of likely N-dealkylation sites (N-methyl/N-ethyl adjacent to an activating group) is 1. The Morgan fingerprint density at radius 2 is 1.65 bits per heavy atom. The first-order valence-corrected chi connectivity index (χ1v) is 18.6. The molecule has 0 saturated carbocycles. The summed E-state index contributed by atoms with van der Waals surface area (Å²) in [6, 6.07) is 17.0.